The quantitative estimate of drug-likeness (QED) is 0.127. The Morgan fingerprint density at radius 2 is 1.51 bits per heavy atom. The number of aryl methyl sites for hydroxylation is 2. The topological polar surface area (TPSA) is 128 Å². The molecule has 53 heavy (non-hydrogen) atoms. The monoisotopic (exact) mass is 764 g/mol. The highest BCUT2D eigenvalue weighted by Crippen LogP contribution is 2.37. The van der Waals surface area contributed by atoms with Gasteiger partial charge in [-0.1, -0.05) is 6.07 Å². The van der Waals surface area contributed by atoms with Crippen LogP contribution in [0.1, 0.15) is 43.2 Å². The minimum absolute atomic E-state index is 0.0638. The Hall–Kier alpha value is -5.96. The fourth-order valence-electron chi connectivity index (χ4n) is 4.83. The first-order valence-electron chi connectivity index (χ1n) is 14.8. The van der Waals surface area contributed by atoms with Gasteiger partial charge in [0.2, 0.25) is 11.8 Å². The molecule has 5 aromatic rings. The lowest BCUT2D eigenvalue weighted by Gasteiger charge is -2.16. The summed E-state index contributed by atoms with van der Waals surface area (Å²) in [7, 11) is 2.38. The Morgan fingerprint density at radius 1 is 0.830 bits per heavy atom. The van der Waals surface area contributed by atoms with Crippen LogP contribution in [0.15, 0.2) is 54.6 Å². The van der Waals surface area contributed by atoms with Crippen LogP contribution >= 0.6 is 0 Å². The van der Waals surface area contributed by atoms with Gasteiger partial charge in [0.25, 0.3) is 18.2 Å². The molecule has 3 N–H and O–H groups in total. The van der Waals surface area contributed by atoms with E-state index in [0.717, 1.165) is 41.9 Å². The van der Waals surface area contributed by atoms with Crippen LogP contribution in [0.5, 0.6) is 5.88 Å². The van der Waals surface area contributed by atoms with Gasteiger partial charge in [0.05, 0.1) is 16.8 Å². The Morgan fingerprint density at radius 3 is 2.09 bits per heavy atom. The van der Waals surface area contributed by atoms with E-state index in [9.17, 15) is 57.9 Å². The van der Waals surface area contributed by atoms with Gasteiger partial charge >= 0.3 is 18.5 Å². The molecule has 282 valence electrons. The van der Waals surface area contributed by atoms with Gasteiger partial charge in [-0.2, -0.15) is 49.6 Å². The molecule has 0 aliphatic rings. The van der Waals surface area contributed by atoms with Crippen molar-refractivity contribution >= 4 is 40.3 Å². The molecule has 11 nitrogen and oxygen atoms in total. The number of alkyl halides is 11. The summed E-state index contributed by atoms with van der Waals surface area (Å²) in [4.78, 5) is 34.0. The van der Waals surface area contributed by atoms with Crippen molar-refractivity contribution < 1.29 is 62.6 Å². The van der Waals surface area contributed by atoms with Crippen LogP contribution in [0, 0.1) is 0 Å². The summed E-state index contributed by atoms with van der Waals surface area (Å²) < 4.78 is 153. The summed E-state index contributed by atoms with van der Waals surface area (Å²) in [6.07, 6.45) is -17.5. The minimum atomic E-state index is -4.94. The van der Waals surface area contributed by atoms with Gasteiger partial charge in [-0.25, -0.2) is 13.8 Å². The van der Waals surface area contributed by atoms with E-state index < -0.39 is 89.6 Å². The number of anilines is 3. The van der Waals surface area contributed by atoms with Gasteiger partial charge in [0, 0.05) is 32.4 Å². The number of fused-ring (bicyclic) bond motifs is 1. The van der Waals surface area contributed by atoms with E-state index in [1.165, 1.54) is 7.05 Å². The lowest BCUT2D eigenvalue weighted by Crippen LogP contribution is -2.25. The molecule has 2 amide bonds. The van der Waals surface area contributed by atoms with Gasteiger partial charge in [0.1, 0.15) is 16.8 Å². The Kier molecular flexibility index (Phi) is 10.3. The molecule has 0 radical (unpaired) electrons. The van der Waals surface area contributed by atoms with Crippen LogP contribution in [-0.4, -0.2) is 49.2 Å². The number of benzene rings is 2. The normalized spacial score (nSPS) is 12.3. The maximum absolute atomic E-state index is 14.0. The van der Waals surface area contributed by atoms with E-state index in [1.807, 2.05) is 0 Å². The molecule has 0 aliphatic heterocycles. The second kappa shape index (κ2) is 14.2. The standard InChI is InChI=1S/C31H23F11N8O3/c1-49-24-20(10-17(27(47-24)53-13-23(32)33)25(51)44-16-6-4-15(5-7-16)29(34,35)36)46-28(49)45-19-9-14(3-8-18(19)30(37,38)39)12-43-26(52)21-11-22(31(40,41)42)48-50(21)2/h3-11,23H,12-13H2,1-2H3,(H,43,52)(H,44,51)(H,45,46). The summed E-state index contributed by atoms with van der Waals surface area (Å²) in [6, 6.07) is 7.46. The third-order valence-electron chi connectivity index (χ3n) is 7.36. The fourth-order valence-corrected chi connectivity index (χ4v) is 4.83. The molecule has 22 heteroatoms. The van der Waals surface area contributed by atoms with Gasteiger partial charge in [-0.05, 0) is 48.0 Å². The number of ether oxygens (including phenoxy) is 1. The first-order chi connectivity index (χ1) is 24.6. The third kappa shape index (κ3) is 8.75. The van der Waals surface area contributed by atoms with Crippen molar-refractivity contribution in [1.29, 1.82) is 0 Å². The zero-order chi connectivity index (χ0) is 39.0. The van der Waals surface area contributed by atoms with Gasteiger partial charge in [-0.15, -0.1) is 0 Å². The highest BCUT2D eigenvalue weighted by atomic mass is 19.4. The van der Waals surface area contributed by atoms with Gasteiger partial charge < -0.3 is 20.7 Å². The van der Waals surface area contributed by atoms with E-state index in [4.69, 9.17) is 4.74 Å². The number of nitrogens with zero attached hydrogens (tertiary/aromatic N) is 5. The largest absolute Gasteiger partial charge is 0.471 e. The van der Waals surface area contributed by atoms with E-state index in [1.54, 1.807) is 0 Å². The number of hydrogen-bond acceptors (Lipinski definition) is 7. The van der Waals surface area contributed by atoms with E-state index in [0.29, 0.717) is 28.9 Å². The highest BCUT2D eigenvalue weighted by Gasteiger charge is 2.36. The van der Waals surface area contributed by atoms with E-state index in [-0.39, 0.29) is 28.4 Å². The van der Waals surface area contributed by atoms with Crippen molar-refractivity contribution in [2.45, 2.75) is 31.5 Å². The second-order valence-electron chi connectivity index (χ2n) is 11.1. The Balaban J connectivity index is 1.44. The molecule has 0 fully saturated rings. The van der Waals surface area contributed by atoms with Crippen LogP contribution in [0.4, 0.5) is 65.6 Å². The van der Waals surface area contributed by atoms with E-state index >= 15 is 0 Å². The van der Waals surface area contributed by atoms with Crippen molar-refractivity contribution in [2.24, 2.45) is 14.1 Å². The number of aromatic nitrogens is 5. The first kappa shape index (κ1) is 38.3. The number of halogens is 11. The molecular weight excluding hydrogens is 741 g/mol. The number of pyridine rings is 1. The molecule has 0 bridgehead atoms. The summed E-state index contributed by atoms with van der Waals surface area (Å²) in [6.45, 7) is -1.67. The highest BCUT2D eigenvalue weighted by molar-refractivity contribution is 6.07. The molecule has 0 saturated heterocycles. The van der Waals surface area contributed by atoms with Crippen molar-refractivity contribution in [3.8, 4) is 5.88 Å². The molecule has 3 aromatic heterocycles. The molecule has 0 atom stereocenters. The Labute approximate surface area is 289 Å². The molecule has 0 spiro atoms. The number of carbonyl (C=O) groups excluding carboxylic acids is 2. The van der Waals surface area contributed by atoms with Crippen LogP contribution in [0.2, 0.25) is 0 Å². The summed E-state index contributed by atoms with van der Waals surface area (Å²) in [5.74, 6) is -3.03. The molecule has 2 aromatic carbocycles. The number of imidazole rings is 1. The van der Waals surface area contributed by atoms with Crippen LogP contribution in [-0.2, 0) is 39.2 Å². The number of amides is 2. The van der Waals surface area contributed by atoms with Crippen LogP contribution < -0.4 is 20.7 Å². The number of rotatable bonds is 10. The van der Waals surface area contributed by atoms with E-state index in [2.05, 4.69) is 31.0 Å². The third-order valence-corrected chi connectivity index (χ3v) is 7.36. The number of nitrogens with one attached hydrogen (secondary N) is 3. The second-order valence-corrected chi connectivity index (χ2v) is 11.1. The zero-order valence-corrected chi connectivity index (χ0v) is 26.8. The molecular formula is C31H23F11N8O3. The fraction of sp³-hybridized carbons (Fsp3) is 0.258. The SMILES string of the molecule is Cn1nc(C(F)(F)F)cc1C(=O)NCc1ccc(C(F)(F)F)c(Nc2nc3cc(C(=O)Nc4ccc(C(F)(F)F)cc4)c(OCC(F)F)nc3n2C)c1. The van der Waals surface area contributed by atoms with Crippen molar-refractivity contribution in [1.82, 2.24) is 29.6 Å². The minimum Gasteiger partial charge on any atom is -0.471 e. The maximum Gasteiger partial charge on any atom is 0.435 e. The molecule has 0 aliphatic carbocycles. The average molecular weight is 765 g/mol. The van der Waals surface area contributed by atoms with Gasteiger partial charge in [-0.3, -0.25) is 18.8 Å². The summed E-state index contributed by atoms with van der Waals surface area (Å²) in [5.41, 5.74) is -5.47. The maximum atomic E-state index is 14.0. The number of carbonyl (C=O) groups is 2. The predicted molar refractivity (Wildman–Crippen MR) is 164 cm³/mol. The lowest BCUT2D eigenvalue weighted by molar-refractivity contribution is -0.141. The van der Waals surface area contributed by atoms with Crippen LogP contribution in [0.3, 0.4) is 0 Å². The Bertz CT molecular complexity index is 2160. The first-order valence-corrected chi connectivity index (χ1v) is 14.8. The molecule has 0 unspecified atom stereocenters. The zero-order valence-electron chi connectivity index (χ0n) is 26.8. The van der Waals surface area contributed by atoms with Crippen molar-refractivity contribution in [3.63, 3.8) is 0 Å². The van der Waals surface area contributed by atoms with Crippen LogP contribution in [0.25, 0.3) is 11.2 Å². The number of hydrogen-bond donors (Lipinski definition) is 3. The summed E-state index contributed by atoms with van der Waals surface area (Å²) >= 11 is 0. The smallest absolute Gasteiger partial charge is 0.435 e. The lowest BCUT2D eigenvalue weighted by atomic mass is 10.1. The summed E-state index contributed by atoms with van der Waals surface area (Å²) in [5, 5.41) is 10.3. The predicted octanol–water partition coefficient (Wildman–Crippen LogP) is 7.33. The van der Waals surface area contributed by atoms with Gasteiger partial charge in [0.15, 0.2) is 17.9 Å². The molecule has 0 saturated carbocycles. The average Bonchev–Trinajstić information content (AvgIpc) is 3.60. The van der Waals surface area contributed by atoms with Crippen molar-refractivity contribution in [3.05, 3.63) is 88.2 Å². The van der Waals surface area contributed by atoms with Crippen molar-refractivity contribution in [2.75, 3.05) is 17.2 Å². The molecule has 3 heterocycles. The molecule has 5 rings (SSSR count).